The SMILES string of the molecule is COc1cccc(N(CC(=O)N(Cc2ccccc2)[C@@H](C)C(=O)NC(C)(C)C)S(=O)(=O)c2ccc(C)cc2)c1. The highest BCUT2D eigenvalue weighted by atomic mass is 32.2. The Morgan fingerprint density at radius 2 is 1.59 bits per heavy atom. The second kappa shape index (κ2) is 12.3. The van der Waals surface area contributed by atoms with Gasteiger partial charge in [-0.2, -0.15) is 0 Å². The first-order valence-electron chi connectivity index (χ1n) is 12.7. The highest BCUT2D eigenvalue weighted by Crippen LogP contribution is 2.28. The zero-order valence-corrected chi connectivity index (χ0v) is 24.2. The lowest BCUT2D eigenvalue weighted by atomic mass is 10.1. The first-order valence-corrected chi connectivity index (χ1v) is 14.1. The van der Waals surface area contributed by atoms with Crippen LogP contribution < -0.4 is 14.4 Å². The molecule has 0 spiro atoms. The average molecular weight is 552 g/mol. The van der Waals surface area contributed by atoms with E-state index >= 15 is 0 Å². The summed E-state index contributed by atoms with van der Waals surface area (Å²) in [5, 5.41) is 2.92. The molecule has 2 amide bonds. The number of hydrogen-bond donors (Lipinski definition) is 1. The number of methoxy groups -OCH3 is 1. The predicted molar refractivity (Wildman–Crippen MR) is 153 cm³/mol. The molecular formula is C30H37N3O5S. The lowest BCUT2D eigenvalue weighted by Gasteiger charge is -2.33. The highest BCUT2D eigenvalue weighted by Gasteiger charge is 2.33. The fourth-order valence-electron chi connectivity index (χ4n) is 3.97. The number of anilines is 1. The van der Waals surface area contributed by atoms with Crippen LogP contribution in [0.4, 0.5) is 5.69 Å². The molecule has 3 aromatic carbocycles. The molecular weight excluding hydrogens is 514 g/mol. The molecule has 8 nitrogen and oxygen atoms in total. The minimum absolute atomic E-state index is 0.0526. The normalized spacial score (nSPS) is 12.4. The molecule has 0 aliphatic heterocycles. The van der Waals surface area contributed by atoms with Gasteiger partial charge >= 0.3 is 0 Å². The summed E-state index contributed by atoms with van der Waals surface area (Å²) in [7, 11) is -2.66. The van der Waals surface area contributed by atoms with Gasteiger partial charge in [0.15, 0.2) is 0 Å². The molecule has 0 saturated carbocycles. The molecule has 0 aliphatic rings. The van der Waals surface area contributed by atoms with Crippen LogP contribution in [0.15, 0.2) is 83.8 Å². The third-order valence-corrected chi connectivity index (χ3v) is 7.88. The number of nitrogens with zero attached hydrogens (tertiary/aromatic N) is 2. The largest absolute Gasteiger partial charge is 0.497 e. The van der Waals surface area contributed by atoms with Gasteiger partial charge in [0.25, 0.3) is 10.0 Å². The Labute approximate surface area is 231 Å². The number of hydrogen-bond acceptors (Lipinski definition) is 5. The molecule has 39 heavy (non-hydrogen) atoms. The Bertz CT molecular complexity index is 1380. The minimum atomic E-state index is -4.14. The maximum absolute atomic E-state index is 13.9. The maximum Gasteiger partial charge on any atom is 0.264 e. The van der Waals surface area contributed by atoms with Crippen LogP contribution in [0.1, 0.15) is 38.8 Å². The number of amides is 2. The minimum Gasteiger partial charge on any atom is -0.497 e. The molecule has 0 radical (unpaired) electrons. The third-order valence-electron chi connectivity index (χ3n) is 6.09. The van der Waals surface area contributed by atoms with Gasteiger partial charge in [0.2, 0.25) is 11.8 Å². The van der Waals surface area contributed by atoms with E-state index in [1.807, 2.05) is 58.0 Å². The Morgan fingerprint density at radius 3 is 2.18 bits per heavy atom. The smallest absolute Gasteiger partial charge is 0.264 e. The maximum atomic E-state index is 13.9. The zero-order chi connectivity index (χ0) is 28.8. The summed E-state index contributed by atoms with van der Waals surface area (Å²) in [6.07, 6.45) is 0. The van der Waals surface area contributed by atoms with Crippen LogP contribution in [-0.4, -0.2) is 50.4 Å². The molecule has 1 atom stereocenters. The quantitative estimate of drug-likeness (QED) is 0.399. The lowest BCUT2D eigenvalue weighted by molar-refractivity contribution is -0.140. The molecule has 0 fully saturated rings. The van der Waals surface area contributed by atoms with Crippen molar-refractivity contribution in [1.82, 2.24) is 10.2 Å². The van der Waals surface area contributed by atoms with Gasteiger partial charge < -0.3 is 15.0 Å². The van der Waals surface area contributed by atoms with Crippen LogP contribution in [0.2, 0.25) is 0 Å². The van der Waals surface area contributed by atoms with Gasteiger partial charge in [0.1, 0.15) is 18.3 Å². The predicted octanol–water partition coefficient (Wildman–Crippen LogP) is 4.53. The van der Waals surface area contributed by atoms with Crippen LogP contribution >= 0.6 is 0 Å². The number of carbonyl (C=O) groups is 2. The van der Waals surface area contributed by atoms with Gasteiger partial charge in [-0.15, -0.1) is 0 Å². The first kappa shape index (κ1) is 29.7. The van der Waals surface area contributed by atoms with Gasteiger partial charge in [0.05, 0.1) is 17.7 Å². The molecule has 0 unspecified atom stereocenters. The molecule has 0 aromatic heterocycles. The molecule has 0 heterocycles. The Hall–Kier alpha value is -3.85. The van der Waals surface area contributed by atoms with E-state index in [0.29, 0.717) is 5.75 Å². The van der Waals surface area contributed by atoms with Crippen LogP contribution in [0.25, 0.3) is 0 Å². The molecule has 208 valence electrons. The summed E-state index contributed by atoms with van der Waals surface area (Å²) in [6.45, 7) is 8.72. The number of benzene rings is 3. The van der Waals surface area contributed by atoms with Crippen molar-refractivity contribution >= 4 is 27.5 Å². The third kappa shape index (κ3) is 7.83. The van der Waals surface area contributed by atoms with E-state index in [0.717, 1.165) is 15.4 Å². The Balaban J connectivity index is 2.04. The fraction of sp³-hybridized carbons (Fsp3) is 0.333. The van der Waals surface area contributed by atoms with Crippen LogP contribution in [-0.2, 0) is 26.2 Å². The highest BCUT2D eigenvalue weighted by molar-refractivity contribution is 7.92. The number of aryl methyl sites for hydroxylation is 1. The van der Waals surface area contributed by atoms with Crippen LogP contribution in [0, 0.1) is 6.92 Å². The summed E-state index contributed by atoms with van der Waals surface area (Å²) >= 11 is 0. The summed E-state index contributed by atoms with van der Waals surface area (Å²) < 4.78 is 34.2. The second-order valence-corrected chi connectivity index (χ2v) is 12.3. The van der Waals surface area contributed by atoms with Gasteiger partial charge in [-0.05, 0) is 64.4 Å². The number of carbonyl (C=O) groups excluding carboxylic acids is 2. The second-order valence-electron chi connectivity index (χ2n) is 10.4. The lowest BCUT2D eigenvalue weighted by Crippen LogP contribution is -2.54. The van der Waals surface area contributed by atoms with E-state index in [2.05, 4.69) is 5.32 Å². The van der Waals surface area contributed by atoms with Crippen molar-refractivity contribution in [3.8, 4) is 5.75 Å². The number of rotatable bonds is 10. The standard InChI is InChI=1S/C30H37N3O5S/c1-22-15-17-27(18-16-22)39(36,37)33(25-13-10-14-26(19-25)38-6)21-28(34)32(20-24-11-8-7-9-12-24)23(2)29(35)31-30(3,4)5/h7-19,23H,20-21H2,1-6H3,(H,31,35)/t23-/m0/s1. The molecule has 9 heteroatoms. The van der Waals surface area contributed by atoms with Crippen molar-refractivity contribution in [2.24, 2.45) is 0 Å². The summed E-state index contributed by atoms with van der Waals surface area (Å²) in [5.74, 6) is -0.404. The van der Waals surface area contributed by atoms with E-state index in [-0.39, 0.29) is 23.0 Å². The Morgan fingerprint density at radius 1 is 0.949 bits per heavy atom. The van der Waals surface area contributed by atoms with Gasteiger partial charge in [-0.25, -0.2) is 8.42 Å². The average Bonchev–Trinajstić information content (AvgIpc) is 2.89. The molecule has 3 aromatic rings. The van der Waals surface area contributed by atoms with E-state index in [4.69, 9.17) is 4.74 Å². The summed E-state index contributed by atoms with van der Waals surface area (Å²) in [4.78, 5) is 28.5. The Kier molecular flexibility index (Phi) is 9.40. The summed E-state index contributed by atoms with van der Waals surface area (Å²) in [6, 6.07) is 21.4. The van der Waals surface area contributed by atoms with Crippen molar-refractivity contribution in [2.75, 3.05) is 18.0 Å². The van der Waals surface area contributed by atoms with E-state index in [1.54, 1.807) is 43.3 Å². The monoisotopic (exact) mass is 551 g/mol. The van der Waals surface area contributed by atoms with Gasteiger partial charge in [-0.3, -0.25) is 13.9 Å². The number of sulfonamides is 1. The van der Waals surface area contributed by atoms with Crippen LogP contribution in [0.3, 0.4) is 0 Å². The molecule has 0 aliphatic carbocycles. The van der Waals surface area contributed by atoms with Crippen molar-refractivity contribution in [3.63, 3.8) is 0 Å². The van der Waals surface area contributed by atoms with Gasteiger partial charge in [-0.1, -0.05) is 54.1 Å². The van der Waals surface area contributed by atoms with E-state index < -0.39 is 34.1 Å². The number of ether oxygens (including phenoxy) is 1. The molecule has 0 bridgehead atoms. The zero-order valence-electron chi connectivity index (χ0n) is 23.3. The van der Waals surface area contributed by atoms with Crippen molar-refractivity contribution in [2.45, 2.75) is 57.6 Å². The van der Waals surface area contributed by atoms with Crippen LogP contribution in [0.5, 0.6) is 5.75 Å². The van der Waals surface area contributed by atoms with E-state index in [9.17, 15) is 18.0 Å². The van der Waals surface area contributed by atoms with Gasteiger partial charge in [0, 0.05) is 18.2 Å². The van der Waals surface area contributed by atoms with Crippen molar-refractivity contribution in [3.05, 3.63) is 90.0 Å². The molecule has 1 N–H and O–H groups in total. The molecule has 3 rings (SSSR count). The number of nitrogens with one attached hydrogen (secondary N) is 1. The van der Waals surface area contributed by atoms with Crippen molar-refractivity contribution in [1.29, 1.82) is 0 Å². The topological polar surface area (TPSA) is 96.0 Å². The van der Waals surface area contributed by atoms with E-state index in [1.165, 1.54) is 24.1 Å². The summed E-state index contributed by atoms with van der Waals surface area (Å²) in [5.41, 5.74) is 1.49. The first-order chi connectivity index (χ1) is 18.3. The molecule has 0 saturated heterocycles. The fourth-order valence-corrected chi connectivity index (χ4v) is 5.37. The van der Waals surface area contributed by atoms with Crippen molar-refractivity contribution < 1.29 is 22.7 Å².